The average molecular weight is 437 g/mol. The van der Waals surface area contributed by atoms with Gasteiger partial charge in [0.2, 0.25) is 0 Å². The predicted octanol–water partition coefficient (Wildman–Crippen LogP) is 4.67. The molecular formula is C19H14F3N3O2S2. The van der Waals surface area contributed by atoms with Crippen LogP contribution in [0.2, 0.25) is 0 Å². The maximum Gasteiger partial charge on any atom is 0.417 e. The number of thiazole rings is 1. The van der Waals surface area contributed by atoms with E-state index in [-0.39, 0.29) is 24.6 Å². The molecule has 1 N–H and O–H groups in total. The van der Waals surface area contributed by atoms with Crippen LogP contribution in [0.5, 0.6) is 0 Å². The number of nitrogens with zero attached hydrogens (tertiary/aromatic N) is 2. The van der Waals surface area contributed by atoms with Crippen molar-refractivity contribution in [1.82, 2.24) is 9.88 Å². The molecule has 2 amide bonds. The van der Waals surface area contributed by atoms with Gasteiger partial charge < -0.3 is 4.90 Å². The van der Waals surface area contributed by atoms with E-state index < -0.39 is 17.6 Å². The van der Waals surface area contributed by atoms with E-state index in [0.29, 0.717) is 16.4 Å². The van der Waals surface area contributed by atoms with Crippen LogP contribution in [0, 0.1) is 0 Å². The fraction of sp³-hybridized carbons (Fsp3) is 0.211. The van der Waals surface area contributed by atoms with E-state index in [9.17, 15) is 22.8 Å². The number of hydrogen-bond acceptors (Lipinski definition) is 5. The van der Waals surface area contributed by atoms with E-state index in [1.165, 1.54) is 45.8 Å². The number of rotatable bonds is 3. The molecule has 0 atom stereocenters. The standard InChI is InChI=1S/C19H14F3N3O2S2/c20-19(21,22)12-5-2-1-4-11(12)17(27)25-8-7-13-15(10-25)29-18(23-13)24-16(26)14-6-3-9-28-14/h1-6,9H,7-8,10H2,(H,23,24,26). The Bertz CT molecular complexity index is 1060. The number of halogens is 3. The molecule has 0 bridgehead atoms. The molecule has 1 aliphatic heterocycles. The second-order valence-corrected chi connectivity index (χ2v) is 8.37. The number of thiophene rings is 1. The number of alkyl halides is 3. The van der Waals surface area contributed by atoms with E-state index in [1.807, 2.05) is 0 Å². The third-order valence-corrected chi connectivity index (χ3v) is 6.31. The summed E-state index contributed by atoms with van der Waals surface area (Å²) in [6.07, 6.45) is -4.18. The summed E-state index contributed by atoms with van der Waals surface area (Å²) in [5, 5.41) is 4.94. The van der Waals surface area contributed by atoms with Gasteiger partial charge in [-0.05, 0) is 23.6 Å². The van der Waals surface area contributed by atoms with Gasteiger partial charge in [0.1, 0.15) is 0 Å². The van der Waals surface area contributed by atoms with Gasteiger partial charge in [-0.1, -0.05) is 29.5 Å². The van der Waals surface area contributed by atoms with Crippen LogP contribution < -0.4 is 5.32 Å². The molecule has 10 heteroatoms. The number of anilines is 1. The molecule has 5 nitrogen and oxygen atoms in total. The SMILES string of the molecule is O=C(Nc1nc2c(s1)CN(C(=O)c1ccccc1C(F)(F)F)CC2)c1cccs1. The Morgan fingerprint density at radius 2 is 1.93 bits per heavy atom. The monoisotopic (exact) mass is 437 g/mol. The van der Waals surface area contributed by atoms with Gasteiger partial charge in [0.05, 0.1) is 28.2 Å². The van der Waals surface area contributed by atoms with Gasteiger partial charge in [0.25, 0.3) is 11.8 Å². The van der Waals surface area contributed by atoms with Crippen LogP contribution in [0.3, 0.4) is 0 Å². The molecule has 3 aromatic rings. The van der Waals surface area contributed by atoms with Gasteiger partial charge in [-0.25, -0.2) is 4.98 Å². The summed E-state index contributed by atoms with van der Waals surface area (Å²) >= 11 is 2.54. The topological polar surface area (TPSA) is 62.3 Å². The van der Waals surface area contributed by atoms with Crippen molar-refractivity contribution in [3.63, 3.8) is 0 Å². The van der Waals surface area contributed by atoms with Crippen molar-refractivity contribution in [1.29, 1.82) is 0 Å². The van der Waals surface area contributed by atoms with Crippen LogP contribution in [0.25, 0.3) is 0 Å². The molecule has 0 aliphatic carbocycles. The first-order valence-electron chi connectivity index (χ1n) is 8.62. The summed E-state index contributed by atoms with van der Waals surface area (Å²) in [5.74, 6) is -0.931. The molecule has 0 spiro atoms. The van der Waals surface area contributed by atoms with E-state index in [4.69, 9.17) is 0 Å². The zero-order valence-electron chi connectivity index (χ0n) is 14.8. The Hall–Kier alpha value is -2.72. The Labute approximate surface area is 171 Å². The lowest BCUT2D eigenvalue weighted by Gasteiger charge is -2.27. The Morgan fingerprint density at radius 3 is 2.66 bits per heavy atom. The van der Waals surface area contributed by atoms with Gasteiger partial charge in [0, 0.05) is 17.8 Å². The normalized spacial score (nSPS) is 13.8. The van der Waals surface area contributed by atoms with Crippen molar-refractivity contribution in [2.24, 2.45) is 0 Å². The van der Waals surface area contributed by atoms with E-state index in [0.717, 1.165) is 16.6 Å². The molecule has 2 aromatic heterocycles. The van der Waals surface area contributed by atoms with Crippen molar-refractivity contribution in [3.8, 4) is 0 Å². The van der Waals surface area contributed by atoms with Crippen molar-refractivity contribution in [2.75, 3.05) is 11.9 Å². The molecule has 0 unspecified atom stereocenters. The summed E-state index contributed by atoms with van der Waals surface area (Å²) in [6.45, 7) is 0.424. The molecule has 150 valence electrons. The van der Waals surface area contributed by atoms with Gasteiger partial charge in [-0.15, -0.1) is 11.3 Å². The maximum absolute atomic E-state index is 13.2. The minimum Gasteiger partial charge on any atom is -0.333 e. The van der Waals surface area contributed by atoms with E-state index in [1.54, 1.807) is 17.5 Å². The highest BCUT2D eigenvalue weighted by molar-refractivity contribution is 7.16. The number of carbonyl (C=O) groups is 2. The van der Waals surface area contributed by atoms with Gasteiger partial charge >= 0.3 is 6.18 Å². The fourth-order valence-corrected chi connectivity index (χ4v) is 4.71. The molecular weight excluding hydrogens is 423 g/mol. The fourth-order valence-electron chi connectivity index (χ4n) is 3.08. The van der Waals surface area contributed by atoms with Crippen LogP contribution in [0.1, 0.15) is 36.2 Å². The first-order chi connectivity index (χ1) is 13.8. The number of aromatic nitrogens is 1. The molecule has 0 saturated heterocycles. The average Bonchev–Trinajstić information content (AvgIpc) is 3.35. The first-order valence-corrected chi connectivity index (χ1v) is 10.3. The summed E-state index contributed by atoms with van der Waals surface area (Å²) in [7, 11) is 0. The highest BCUT2D eigenvalue weighted by Gasteiger charge is 2.36. The van der Waals surface area contributed by atoms with Crippen molar-refractivity contribution >= 4 is 39.6 Å². The second kappa shape index (κ2) is 7.60. The predicted molar refractivity (Wildman–Crippen MR) is 104 cm³/mol. The highest BCUT2D eigenvalue weighted by atomic mass is 32.1. The number of fused-ring (bicyclic) bond motifs is 1. The zero-order chi connectivity index (χ0) is 20.6. The number of nitrogens with one attached hydrogen (secondary N) is 1. The lowest BCUT2D eigenvalue weighted by molar-refractivity contribution is -0.138. The smallest absolute Gasteiger partial charge is 0.333 e. The molecule has 29 heavy (non-hydrogen) atoms. The summed E-state index contributed by atoms with van der Waals surface area (Å²) in [4.78, 5) is 32.0. The van der Waals surface area contributed by atoms with Gasteiger partial charge in [0.15, 0.2) is 5.13 Å². The first kappa shape index (κ1) is 19.6. The number of amides is 2. The van der Waals surface area contributed by atoms with E-state index in [2.05, 4.69) is 10.3 Å². The Morgan fingerprint density at radius 1 is 1.14 bits per heavy atom. The molecule has 4 rings (SSSR count). The van der Waals surface area contributed by atoms with Crippen molar-refractivity contribution in [3.05, 3.63) is 68.4 Å². The van der Waals surface area contributed by atoms with E-state index >= 15 is 0 Å². The molecule has 1 aromatic carbocycles. The third-order valence-electron chi connectivity index (χ3n) is 4.45. The number of carbonyl (C=O) groups excluding carboxylic acids is 2. The Kier molecular flexibility index (Phi) is 5.13. The summed E-state index contributed by atoms with van der Waals surface area (Å²) < 4.78 is 39.7. The zero-order valence-corrected chi connectivity index (χ0v) is 16.5. The lowest BCUT2D eigenvalue weighted by Crippen LogP contribution is -2.36. The molecule has 1 aliphatic rings. The van der Waals surface area contributed by atoms with Crippen LogP contribution in [0.4, 0.5) is 18.3 Å². The quantitative estimate of drug-likeness (QED) is 0.648. The Balaban J connectivity index is 1.52. The number of benzene rings is 1. The molecule has 0 saturated carbocycles. The van der Waals surface area contributed by atoms with Crippen LogP contribution in [0.15, 0.2) is 41.8 Å². The van der Waals surface area contributed by atoms with Gasteiger partial charge in [-0.2, -0.15) is 13.2 Å². The largest absolute Gasteiger partial charge is 0.417 e. The molecule has 3 heterocycles. The molecule has 0 fully saturated rings. The number of hydrogen-bond donors (Lipinski definition) is 1. The van der Waals surface area contributed by atoms with Crippen molar-refractivity contribution < 1.29 is 22.8 Å². The molecule has 0 radical (unpaired) electrons. The van der Waals surface area contributed by atoms with Gasteiger partial charge in [-0.3, -0.25) is 14.9 Å². The second-order valence-electron chi connectivity index (χ2n) is 6.34. The lowest BCUT2D eigenvalue weighted by atomic mass is 10.0. The van der Waals surface area contributed by atoms with Crippen LogP contribution in [-0.2, 0) is 19.1 Å². The summed E-state index contributed by atoms with van der Waals surface area (Å²) in [5.41, 5.74) is -0.548. The van der Waals surface area contributed by atoms with Crippen LogP contribution >= 0.6 is 22.7 Å². The van der Waals surface area contributed by atoms with Crippen molar-refractivity contribution in [2.45, 2.75) is 19.1 Å². The highest BCUT2D eigenvalue weighted by Crippen LogP contribution is 2.34. The van der Waals surface area contributed by atoms with Crippen LogP contribution in [-0.4, -0.2) is 28.2 Å². The minimum atomic E-state index is -4.60. The third kappa shape index (κ3) is 4.03. The maximum atomic E-state index is 13.2. The summed E-state index contributed by atoms with van der Waals surface area (Å²) in [6, 6.07) is 8.26. The minimum absolute atomic E-state index is 0.160.